The highest BCUT2D eigenvalue weighted by atomic mass is 16.6. The average Bonchev–Trinajstić information content (AvgIpc) is 3.09. The molecule has 1 atom stereocenters. The average molecular weight is 700 g/mol. The lowest BCUT2D eigenvalue weighted by Crippen LogP contribution is -2.36. The molecule has 0 aliphatic heterocycles. The Balaban J connectivity index is 0.000000286. The third kappa shape index (κ3) is 11.4. The molecule has 0 radical (unpaired) electrons. The van der Waals surface area contributed by atoms with Crippen LogP contribution in [-0.2, 0) is 14.3 Å². The van der Waals surface area contributed by atoms with Crippen molar-refractivity contribution in [1.82, 2.24) is 4.90 Å². The van der Waals surface area contributed by atoms with E-state index >= 15 is 0 Å². The summed E-state index contributed by atoms with van der Waals surface area (Å²) in [4.78, 5) is 72.8. The fourth-order valence-corrected chi connectivity index (χ4v) is 4.56. The number of carbonyl (C=O) groups is 6. The number of rotatable bonds is 12. The van der Waals surface area contributed by atoms with Crippen LogP contribution in [0.2, 0.25) is 0 Å². The number of carbonyl (C=O) groups excluding carboxylic acids is 5. The van der Waals surface area contributed by atoms with Crippen molar-refractivity contribution in [2.24, 2.45) is 0 Å². The highest BCUT2D eigenvalue weighted by Crippen LogP contribution is 2.26. The molecule has 13 nitrogen and oxygen atoms in total. The van der Waals surface area contributed by atoms with E-state index in [2.05, 4.69) is 0 Å². The van der Waals surface area contributed by atoms with Crippen LogP contribution in [0.15, 0.2) is 97.1 Å². The minimum absolute atomic E-state index is 0.0258. The van der Waals surface area contributed by atoms with Gasteiger partial charge in [-0.3, -0.25) is 14.5 Å². The van der Waals surface area contributed by atoms with E-state index in [1.807, 2.05) is 18.7 Å². The van der Waals surface area contributed by atoms with Crippen molar-refractivity contribution in [3.8, 4) is 23.0 Å². The molecule has 4 rings (SSSR count). The maximum absolute atomic E-state index is 12.6. The molecule has 0 aliphatic carbocycles. The van der Waals surface area contributed by atoms with Gasteiger partial charge in [-0.1, -0.05) is 62.4 Å². The lowest BCUT2D eigenvalue weighted by Gasteiger charge is -2.26. The summed E-state index contributed by atoms with van der Waals surface area (Å²) in [6, 6.07) is 24.4. The lowest BCUT2D eigenvalue weighted by atomic mass is 10.2. The van der Waals surface area contributed by atoms with Gasteiger partial charge in [-0.15, -0.1) is 0 Å². The Morgan fingerprint density at radius 3 is 1.20 bits per heavy atom. The molecule has 4 aromatic carbocycles. The molecule has 0 amide bonds. The van der Waals surface area contributed by atoms with Gasteiger partial charge in [0, 0.05) is 13.8 Å². The smallest absolute Gasteiger partial charge is 0.347 e. The zero-order valence-electron chi connectivity index (χ0n) is 28.6. The zero-order chi connectivity index (χ0) is 37.5. The second-order valence-corrected chi connectivity index (χ2v) is 10.5. The van der Waals surface area contributed by atoms with E-state index in [9.17, 15) is 28.8 Å². The molecule has 0 heterocycles. The van der Waals surface area contributed by atoms with Gasteiger partial charge in [0.2, 0.25) is 0 Å². The summed E-state index contributed by atoms with van der Waals surface area (Å²) in [7, 11) is 0. The van der Waals surface area contributed by atoms with E-state index < -0.39 is 42.0 Å². The van der Waals surface area contributed by atoms with Gasteiger partial charge in [0.25, 0.3) is 0 Å². The van der Waals surface area contributed by atoms with Gasteiger partial charge in [-0.25, -0.2) is 19.2 Å². The molecule has 266 valence electrons. The number of benzene rings is 4. The summed E-state index contributed by atoms with van der Waals surface area (Å²) >= 11 is 0. The van der Waals surface area contributed by atoms with Crippen LogP contribution in [0.5, 0.6) is 23.0 Å². The van der Waals surface area contributed by atoms with Crippen LogP contribution in [0, 0.1) is 0 Å². The maximum Gasteiger partial charge on any atom is 0.347 e. The normalized spacial score (nSPS) is 10.9. The monoisotopic (exact) mass is 699 g/mol. The van der Waals surface area contributed by atoms with Crippen LogP contribution in [0.3, 0.4) is 0 Å². The molecule has 0 spiro atoms. The number of hydrogen-bond donors (Lipinski definition) is 1. The Labute approximate surface area is 294 Å². The van der Waals surface area contributed by atoms with Crippen LogP contribution in [0.4, 0.5) is 0 Å². The number of carboxylic acid groups (broad SMARTS) is 1. The van der Waals surface area contributed by atoms with E-state index in [1.54, 1.807) is 49.4 Å². The number of carboxylic acids is 1. The quantitative estimate of drug-likeness (QED) is 0.101. The molecule has 4 aromatic rings. The molecule has 0 saturated heterocycles. The van der Waals surface area contributed by atoms with E-state index in [1.165, 1.54) is 68.4 Å². The van der Waals surface area contributed by atoms with Crippen molar-refractivity contribution in [3.05, 3.63) is 119 Å². The standard InChI is InChI=1S/C22H25NO6.C16H12O6/c1-5-23(6-2)15(3)27-21(25)18-12-8-10-14-20(18)29-22(26)17-11-7-9-13-19(17)28-16(4)24;1-10(17)21-14-9-5-3-7-12(14)16(20)22-13-8-4-2-6-11(13)15(18)19/h7-15H,5-6H2,1-4H3;2-9H,1H3,(H,18,19). The van der Waals surface area contributed by atoms with Gasteiger partial charge < -0.3 is 28.8 Å². The lowest BCUT2D eigenvalue weighted by molar-refractivity contribution is -0.132. The fraction of sp³-hybridized carbons (Fsp3) is 0.211. The largest absolute Gasteiger partial charge is 0.478 e. The predicted molar refractivity (Wildman–Crippen MR) is 183 cm³/mol. The van der Waals surface area contributed by atoms with Crippen molar-refractivity contribution in [3.63, 3.8) is 0 Å². The van der Waals surface area contributed by atoms with E-state index in [0.29, 0.717) is 0 Å². The molecular weight excluding hydrogens is 662 g/mol. The van der Waals surface area contributed by atoms with Crippen molar-refractivity contribution >= 4 is 35.8 Å². The van der Waals surface area contributed by atoms with Gasteiger partial charge in [0.1, 0.15) is 45.3 Å². The van der Waals surface area contributed by atoms with Gasteiger partial charge in [0.15, 0.2) is 6.23 Å². The molecule has 1 N–H and O–H groups in total. The highest BCUT2D eigenvalue weighted by Gasteiger charge is 2.23. The Hall–Kier alpha value is -6.34. The zero-order valence-corrected chi connectivity index (χ0v) is 28.6. The molecule has 1 unspecified atom stereocenters. The first-order valence-electron chi connectivity index (χ1n) is 15.7. The summed E-state index contributed by atoms with van der Waals surface area (Å²) in [5.74, 6) is -4.40. The van der Waals surface area contributed by atoms with Gasteiger partial charge in [0.05, 0.1) is 0 Å². The Kier molecular flexibility index (Phi) is 14.6. The number of aromatic carboxylic acids is 1. The first-order valence-corrected chi connectivity index (χ1v) is 15.7. The first kappa shape index (κ1) is 39.1. The van der Waals surface area contributed by atoms with Crippen molar-refractivity contribution in [2.75, 3.05) is 13.1 Å². The Morgan fingerprint density at radius 1 is 0.529 bits per heavy atom. The SMILES string of the molecule is CC(=O)Oc1ccccc1C(=O)Oc1ccccc1C(=O)O.CCN(CC)C(C)OC(=O)c1ccccc1OC(=O)c1ccccc1OC(C)=O. The van der Waals surface area contributed by atoms with Gasteiger partial charge in [-0.2, -0.15) is 0 Å². The maximum atomic E-state index is 12.6. The van der Waals surface area contributed by atoms with Crippen molar-refractivity contribution in [2.45, 2.75) is 40.8 Å². The van der Waals surface area contributed by atoms with E-state index in [-0.39, 0.29) is 45.3 Å². The summed E-state index contributed by atoms with van der Waals surface area (Å²) in [6.07, 6.45) is -0.425. The van der Waals surface area contributed by atoms with E-state index in [4.69, 9.17) is 28.8 Å². The first-order chi connectivity index (χ1) is 24.4. The van der Waals surface area contributed by atoms with Crippen molar-refractivity contribution in [1.29, 1.82) is 0 Å². The van der Waals surface area contributed by atoms with Gasteiger partial charge >= 0.3 is 35.8 Å². The summed E-state index contributed by atoms with van der Waals surface area (Å²) in [5.41, 5.74) is 0.0888. The molecular formula is C38H37NO12. The summed E-state index contributed by atoms with van der Waals surface area (Å²) in [5, 5.41) is 9.06. The minimum atomic E-state index is -1.21. The fourth-order valence-electron chi connectivity index (χ4n) is 4.56. The summed E-state index contributed by atoms with van der Waals surface area (Å²) in [6.45, 7) is 9.65. The minimum Gasteiger partial charge on any atom is -0.478 e. The number of hydrogen-bond acceptors (Lipinski definition) is 12. The van der Waals surface area contributed by atoms with E-state index in [0.717, 1.165) is 13.1 Å². The molecule has 0 saturated carbocycles. The predicted octanol–water partition coefficient (Wildman–Crippen LogP) is 6.21. The van der Waals surface area contributed by atoms with Crippen LogP contribution < -0.4 is 18.9 Å². The topological polar surface area (TPSA) is 172 Å². The Bertz CT molecular complexity index is 1880. The third-order valence-electron chi connectivity index (χ3n) is 6.96. The molecule has 0 fully saturated rings. The van der Waals surface area contributed by atoms with Crippen LogP contribution in [0.25, 0.3) is 0 Å². The second-order valence-electron chi connectivity index (χ2n) is 10.5. The van der Waals surface area contributed by atoms with Crippen LogP contribution >= 0.6 is 0 Å². The number of ether oxygens (including phenoxy) is 5. The second kappa shape index (κ2) is 19.0. The molecule has 0 aliphatic rings. The van der Waals surface area contributed by atoms with Gasteiger partial charge in [-0.05, 0) is 68.5 Å². The molecule has 51 heavy (non-hydrogen) atoms. The third-order valence-corrected chi connectivity index (χ3v) is 6.96. The van der Waals surface area contributed by atoms with Crippen LogP contribution in [0.1, 0.15) is 76.1 Å². The number of para-hydroxylation sites is 4. The molecule has 0 aromatic heterocycles. The number of nitrogens with zero attached hydrogens (tertiary/aromatic N) is 1. The molecule has 0 bridgehead atoms. The van der Waals surface area contributed by atoms with Crippen molar-refractivity contribution < 1.29 is 57.6 Å². The van der Waals surface area contributed by atoms with Crippen LogP contribution in [-0.4, -0.2) is 65.1 Å². The Morgan fingerprint density at radius 2 is 0.843 bits per heavy atom. The number of esters is 5. The highest BCUT2D eigenvalue weighted by molar-refractivity contribution is 5.98. The molecule has 13 heteroatoms. The summed E-state index contributed by atoms with van der Waals surface area (Å²) < 4.78 is 26.0.